The summed E-state index contributed by atoms with van der Waals surface area (Å²) in [6.07, 6.45) is -3.96. The van der Waals surface area contributed by atoms with E-state index in [4.69, 9.17) is 0 Å². The Morgan fingerprint density at radius 3 is 2.73 bits per heavy atom. The van der Waals surface area contributed by atoms with Crippen LogP contribution < -0.4 is 0 Å². The number of hydrogen-bond acceptors (Lipinski definition) is 5. The van der Waals surface area contributed by atoms with Crippen molar-refractivity contribution in [1.29, 1.82) is 0 Å². The van der Waals surface area contributed by atoms with Crippen LogP contribution in [0.1, 0.15) is 11.7 Å². The van der Waals surface area contributed by atoms with E-state index in [1.165, 1.54) is 11.8 Å². The van der Waals surface area contributed by atoms with Crippen LogP contribution in [-0.4, -0.2) is 28.4 Å². The van der Waals surface area contributed by atoms with Crippen molar-refractivity contribution < 1.29 is 22.5 Å². The largest absolute Gasteiger partial charge is 0.450 e. The van der Waals surface area contributed by atoms with Crippen LogP contribution in [0, 0.1) is 0 Å². The molecule has 1 rings (SSSR count). The zero-order valence-corrected chi connectivity index (χ0v) is 8.48. The zero-order chi connectivity index (χ0) is 11.5. The van der Waals surface area contributed by atoms with E-state index in [-0.39, 0.29) is 11.7 Å². The van der Waals surface area contributed by atoms with Crippen LogP contribution in [0.4, 0.5) is 13.2 Å². The van der Waals surface area contributed by atoms with Crippen LogP contribution in [0.15, 0.2) is 4.52 Å². The smallest absolute Gasteiger partial charge is 0.339 e. The van der Waals surface area contributed by atoms with Crippen LogP contribution in [-0.2, 0) is 17.0 Å². The van der Waals surface area contributed by atoms with Crippen molar-refractivity contribution in [3.63, 3.8) is 0 Å². The number of aromatic nitrogens is 2. The van der Waals surface area contributed by atoms with E-state index in [1.54, 1.807) is 6.26 Å². The third-order valence-electron chi connectivity index (χ3n) is 1.41. The number of rotatable bonds is 4. The molecule has 0 aliphatic carbocycles. The lowest BCUT2D eigenvalue weighted by Gasteiger charge is -2.00. The first kappa shape index (κ1) is 12.0. The normalized spacial score (nSPS) is 11.7. The van der Waals surface area contributed by atoms with Gasteiger partial charge in [-0.15, -0.1) is 0 Å². The molecule has 0 saturated carbocycles. The SMILES string of the molecule is CSCc1noc(CC(=O)C(F)(F)F)n1. The molecule has 1 aromatic rings. The van der Waals surface area contributed by atoms with E-state index < -0.39 is 18.4 Å². The lowest BCUT2D eigenvalue weighted by Crippen LogP contribution is -2.24. The van der Waals surface area contributed by atoms with E-state index in [2.05, 4.69) is 14.7 Å². The maximum atomic E-state index is 11.8. The van der Waals surface area contributed by atoms with Gasteiger partial charge in [-0.2, -0.15) is 29.9 Å². The maximum Gasteiger partial charge on any atom is 0.450 e. The molecule has 0 N–H and O–H groups in total. The molecule has 1 heterocycles. The first-order chi connectivity index (χ1) is 6.93. The number of ketones is 1. The molecule has 4 nitrogen and oxygen atoms in total. The lowest BCUT2D eigenvalue weighted by atomic mass is 10.3. The first-order valence-corrected chi connectivity index (χ1v) is 5.23. The van der Waals surface area contributed by atoms with Gasteiger partial charge >= 0.3 is 6.18 Å². The van der Waals surface area contributed by atoms with Crippen molar-refractivity contribution in [3.05, 3.63) is 11.7 Å². The number of Topliss-reactive ketones (excluding diaryl/α,β-unsaturated/α-hetero) is 1. The molecule has 0 bridgehead atoms. The molecule has 0 radical (unpaired) electrons. The quantitative estimate of drug-likeness (QED) is 0.800. The van der Waals surface area contributed by atoms with E-state index in [0.717, 1.165) is 0 Å². The van der Waals surface area contributed by atoms with Crippen molar-refractivity contribution >= 4 is 17.5 Å². The molecule has 84 valence electrons. The van der Waals surface area contributed by atoms with Crippen molar-refractivity contribution in [2.45, 2.75) is 18.3 Å². The number of alkyl halides is 3. The molecule has 0 fully saturated rings. The van der Waals surface area contributed by atoms with Crippen molar-refractivity contribution in [3.8, 4) is 0 Å². The molecule has 0 unspecified atom stereocenters. The summed E-state index contributed by atoms with van der Waals surface area (Å²) >= 11 is 1.40. The molecule has 0 amide bonds. The molecule has 0 aliphatic rings. The Hall–Kier alpha value is -1.05. The van der Waals surface area contributed by atoms with Crippen LogP contribution >= 0.6 is 11.8 Å². The van der Waals surface area contributed by atoms with Gasteiger partial charge in [0.25, 0.3) is 0 Å². The Labute approximate surface area is 87.2 Å². The zero-order valence-electron chi connectivity index (χ0n) is 7.67. The lowest BCUT2D eigenvalue weighted by molar-refractivity contribution is -0.170. The number of thioether (sulfide) groups is 1. The van der Waals surface area contributed by atoms with E-state index in [9.17, 15) is 18.0 Å². The van der Waals surface area contributed by atoms with Gasteiger partial charge in [0.15, 0.2) is 5.82 Å². The Bertz CT molecular complexity index is 350. The minimum atomic E-state index is -4.85. The number of carbonyl (C=O) groups is 1. The highest BCUT2D eigenvalue weighted by atomic mass is 32.2. The molecule has 8 heteroatoms. The highest BCUT2D eigenvalue weighted by Gasteiger charge is 2.39. The second kappa shape index (κ2) is 4.65. The number of nitrogens with zero attached hydrogens (tertiary/aromatic N) is 2. The van der Waals surface area contributed by atoms with Crippen molar-refractivity contribution in [2.24, 2.45) is 0 Å². The molecule has 0 spiro atoms. The summed E-state index contributed by atoms with van der Waals surface area (Å²) in [6.45, 7) is 0. The molecule has 15 heavy (non-hydrogen) atoms. The summed E-state index contributed by atoms with van der Waals surface area (Å²) in [4.78, 5) is 14.2. The Balaban J connectivity index is 2.61. The molecule has 1 aromatic heterocycles. The van der Waals surface area contributed by atoms with Gasteiger partial charge in [-0.1, -0.05) is 5.16 Å². The van der Waals surface area contributed by atoms with E-state index in [0.29, 0.717) is 5.75 Å². The fraction of sp³-hybridized carbons (Fsp3) is 0.571. The fourth-order valence-corrected chi connectivity index (χ4v) is 1.16. The van der Waals surface area contributed by atoms with Gasteiger partial charge in [-0.05, 0) is 6.26 Å². The van der Waals surface area contributed by atoms with E-state index in [1.807, 2.05) is 0 Å². The second-order valence-corrected chi connectivity index (χ2v) is 3.50. The maximum absolute atomic E-state index is 11.8. The Morgan fingerprint density at radius 2 is 2.20 bits per heavy atom. The highest BCUT2D eigenvalue weighted by Crippen LogP contribution is 2.18. The third kappa shape index (κ3) is 3.54. The van der Waals surface area contributed by atoms with Crippen LogP contribution in [0.5, 0.6) is 0 Å². The van der Waals surface area contributed by atoms with Crippen LogP contribution in [0.2, 0.25) is 0 Å². The summed E-state index contributed by atoms with van der Waals surface area (Å²) in [5, 5.41) is 3.41. The fourth-order valence-electron chi connectivity index (χ4n) is 0.787. The summed E-state index contributed by atoms with van der Waals surface area (Å²) in [5.74, 6) is -1.47. The minimum absolute atomic E-state index is 0.285. The average molecular weight is 240 g/mol. The molecular weight excluding hydrogens is 233 g/mol. The molecular formula is C7H7F3N2O2S. The van der Waals surface area contributed by atoms with Gasteiger partial charge in [0.2, 0.25) is 11.7 Å². The van der Waals surface area contributed by atoms with Crippen molar-refractivity contribution in [2.75, 3.05) is 6.26 Å². The summed E-state index contributed by atoms with van der Waals surface area (Å²) in [5.41, 5.74) is 0. The van der Waals surface area contributed by atoms with Gasteiger partial charge in [-0.25, -0.2) is 0 Å². The Kier molecular flexibility index (Phi) is 3.72. The topological polar surface area (TPSA) is 56.0 Å². The first-order valence-electron chi connectivity index (χ1n) is 3.84. The van der Waals surface area contributed by atoms with Crippen molar-refractivity contribution in [1.82, 2.24) is 10.1 Å². The second-order valence-electron chi connectivity index (χ2n) is 2.64. The van der Waals surface area contributed by atoms with Crippen LogP contribution in [0.25, 0.3) is 0 Å². The predicted molar refractivity (Wildman–Crippen MR) is 46.3 cm³/mol. The Morgan fingerprint density at radius 1 is 1.53 bits per heavy atom. The number of hydrogen-bond donors (Lipinski definition) is 0. The standard InChI is InChI=1S/C7H7F3N2O2S/c1-15-3-5-11-6(14-12-5)2-4(13)7(8,9)10/h2-3H2,1H3. The molecule has 0 aliphatic heterocycles. The number of carbonyl (C=O) groups excluding carboxylic acids is 1. The highest BCUT2D eigenvalue weighted by molar-refractivity contribution is 7.97. The molecule has 0 atom stereocenters. The number of halogens is 3. The molecule has 0 saturated heterocycles. The summed E-state index contributed by atoms with van der Waals surface area (Å²) in [6, 6.07) is 0. The monoisotopic (exact) mass is 240 g/mol. The molecule has 0 aromatic carbocycles. The minimum Gasteiger partial charge on any atom is -0.339 e. The van der Waals surface area contributed by atoms with Crippen LogP contribution in [0.3, 0.4) is 0 Å². The van der Waals surface area contributed by atoms with Gasteiger partial charge in [0, 0.05) is 0 Å². The predicted octanol–water partition coefficient (Wildman–Crippen LogP) is 1.61. The van der Waals surface area contributed by atoms with Gasteiger partial charge in [-0.3, -0.25) is 4.79 Å². The summed E-state index contributed by atoms with van der Waals surface area (Å²) < 4.78 is 40.0. The summed E-state index contributed by atoms with van der Waals surface area (Å²) in [7, 11) is 0. The average Bonchev–Trinajstić information content (AvgIpc) is 2.51. The van der Waals surface area contributed by atoms with Gasteiger partial charge < -0.3 is 4.52 Å². The van der Waals surface area contributed by atoms with Gasteiger partial charge in [0.05, 0.1) is 12.2 Å². The van der Waals surface area contributed by atoms with Gasteiger partial charge in [0.1, 0.15) is 0 Å². The third-order valence-corrected chi connectivity index (χ3v) is 1.96. The van der Waals surface area contributed by atoms with E-state index >= 15 is 0 Å².